The second kappa shape index (κ2) is 6.60. The number of hydrogen-bond donors (Lipinski definition) is 2. The average molecular weight is 355 g/mol. The summed E-state index contributed by atoms with van der Waals surface area (Å²) in [5.74, 6) is 0. The van der Waals surface area contributed by atoms with Crippen LogP contribution >= 0.6 is 0 Å². The predicted octanol–water partition coefficient (Wildman–Crippen LogP) is 1.86. The zero-order valence-corrected chi connectivity index (χ0v) is 15.3. The van der Waals surface area contributed by atoms with Crippen LogP contribution in [0.15, 0.2) is 23.1 Å². The summed E-state index contributed by atoms with van der Waals surface area (Å²) in [5, 5.41) is 2.72. The van der Waals surface area contributed by atoms with E-state index in [9.17, 15) is 13.2 Å². The number of nitrogens with one attached hydrogen (secondary N) is 1. The molecule has 1 heterocycles. The lowest BCUT2D eigenvalue weighted by molar-refractivity contribution is 0.0507. The van der Waals surface area contributed by atoms with Crippen LogP contribution in [-0.2, 0) is 14.8 Å². The Labute approximate surface area is 143 Å². The van der Waals surface area contributed by atoms with Crippen molar-refractivity contribution in [2.75, 3.05) is 18.8 Å². The Morgan fingerprint density at radius 2 is 2.04 bits per heavy atom. The highest BCUT2D eigenvalue weighted by Gasteiger charge is 2.34. The first-order valence-corrected chi connectivity index (χ1v) is 9.29. The number of aryl methyl sites for hydroxylation is 1. The molecule has 134 valence electrons. The lowest BCUT2D eigenvalue weighted by Crippen LogP contribution is -2.41. The molecule has 2 rings (SSSR count). The van der Waals surface area contributed by atoms with Crippen LogP contribution in [0.25, 0.3) is 0 Å². The highest BCUT2D eigenvalue weighted by Crippen LogP contribution is 2.25. The number of nitrogen functional groups attached to an aromatic ring is 1. The summed E-state index contributed by atoms with van der Waals surface area (Å²) >= 11 is 0. The quantitative estimate of drug-likeness (QED) is 0.806. The van der Waals surface area contributed by atoms with Crippen molar-refractivity contribution in [1.29, 1.82) is 0 Å². The Morgan fingerprint density at radius 3 is 2.67 bits per heavy atom. The maximum Gasteiger partial charge on any atom is 0.407 e. The van der Waals surface area contributed by atoms with Crippen molar-refractivity contribution in [2.24, 2.45) is 0 Å². The van der Waals surface area contributed by atoms with Crippen molar-refractivity contribution in [1.82, 2.24) is 9.62 Å². The minimum Gasteiger partial charge on any atom is -0.444 e. The smallest absolute Gasteiger partial charge is 0.407 e. The Bertz CT molecular complexity index is 725. The van der Waals surface area contributed by atoms with E-state index in [4.69, 9.17) is 10.5 Å². The average Bonchev–Trinajstić information content (AvgIpc) is 2.88. The molecule has 0 saturated carbocycles. The van der Waals surface area contributed by atoms with Gasteiger partial charge in [-0.1, -0.05) is 6.07 Å². The second-order valence-electron chi connectivity index (χ2n) is 7.02. The third-order valence-electron chi connectivity index (χ3n) is 3.70. The highest BCUT2D eigenvalue weighted by molar-refractivity contribution is 7.89. The van der Waals surface area contributed by atoms with Crippen molar-refractivity contribution in [2.45, 2.75) is 50.7 Å². The minimum atomic E-state index is -3.63. The summed E-state index contributed by atoms with van der Waals surface area (Å²) in [5.41, 5.74) is 6.18. The van der Waals surface area contributed by atoms with E-state index in [-0.39, 0.29) is 17.5 Å². The fourth-order valence-corrected chi connectivity index (χ4v) is 4.33. The summed E-state index contributed by atoms with van der Waals surface area (Å²) in [6.07, 6.45) is 0.00621. The van der Waals surface area contributed by atoms with Crippen molar-refractivity contribution in [3.8, 4) is 0 Å². The van der Waals surface area contributed by atoms with Crippen LogP contribution in [0.2, 0.25) is 0 Å². The molecule has 0 bridgehead atoms. The number of rotatable bonds is 3. The van der Waals surface area contributed by atoms with Gasteiger partial charge < -0.3 is 15.8 Å². The van der Waals surface area contributed by atoms with Gasteiger partial charge in [-0.2, -0.15) is 4.31 Å². The van der Waals surface area contributed by atoms with E-state index in [1.54, 1.807) is 39.8 Å². The lowest BCUT2D eigenvalue weighted by Gasteiger charge is -2.22. The molecule has 0 spiro atoms. The van der Waals surface area contributed by atoms with E-state index >= 15 is 0 Å². The van der Waals surface area contributed by atoms with E-state index < -0.39 is 21.7 Å². The van der Waals surface area contributed by atoms with Gasteiger partial charge in [0.1, 0.15) is 5.60 Å². The van der Waals surface area contributed by atoms with Gasteiger partial charge in [0, 0.05) is 24.8 Å². The van der Waals surface area contributed by atoms with E-state index in [0.29, 0.717) is 24.2 Å². The number of nitrogens with zero attached hydrogens (tertiary/aromatic N) is 1. The van der Waals surface area contributed by atoms with Crippen molar-refractivity contribution in [3.05, 3.63) is 23.8 Å². The molecule has 1 atom stereocenters. The third kappa shape index (κ3) is 4.39. The minimum absolute atomic E-state index is 0.209. The molecule has 1 aromatic rings. The fraction of sp³-hybridized carbons (Fsp3) is 0.562. The normalized spacial score (nSPS) is 19.2. The molecule has 3 N–H and O–H groups in total. The van der Waals surface area contributed by atoms with Gasteiger partial charge in [0.2, 0.25) is 10.0 Å². The molecule has 1 amide bonds. The second-order valence-corrected chi connectivity index (χ2v) is 8.93. The van der Waals surface area contributed by atoms with Crippen LogP contribution in [0.4, 0.5) is 10.5 Å². The molecular weight excluding hydrogens is 330 g/mol. The molecular formula is C16H25N3O4S. The van der Waals surface area contributed by atoms with E-state index in [1.807, 2.05) is 0 Å². The molecule has 1 aromatic carbocycles. The fourth-order valence-electron chi connectivity index (χ4n) is 2.57. The topological polar surface area (TPSA) is 102 Å². The molecule has 1 fully saturated rings. The van der Waals surface area contributed by atoms with Gasteiger partial charge in [-0.3, -0.25) is 0 Å². The number of nitrogens with two attached hydrogens (primary N) is 1. The van der Waals surface area contributed by atoms with Gasteiger partial charge in [-0.15, -0.1) is 0 Å². The number of hydrogen-bond acceptors (Lipinski definition) is 5. The molecule has 8 heteroatoms. The molecule has 1 aliphatic heterocycles. The molecule has 0 aliphatic carbocycles. The van der Waals surface area contributed by atoms with Gasteiger partial charge in [0.15, 0.2) is 0 Å². The molecule has 0 radical (unpaired) electrons. The van der Waals surface area contributed by atoms with Crippen LogP contribution in [0.3, 0.4) is 0 Å². The Balaban J connectivity index is 2.07. The van der Waals surface area contributed by atoms with Crippen molar-refractivity contribution in [3.63, 3.8) is 0 Å². The first kappa shape index (κ1) is 18.5. The number of ether oxygens (including phenoxy) is 1. The van der Waals surface area contributed by atoms with Crippen LogP contribution in [0.5, 0.6) is 0 Å². The van der Waals surface area contributed by atoms with Crippen LogP contribution < -0.4 is 11.1 Å². The molecule has 1 unspecified atom stereocenters. The number of carbonyl (C=O) groups excluding carboxylic acids is 1. The summed E-state index contributed by atoms with van der Waals surface area (Å²) < 4.78 is 32.2. The summed E-state index contributed by atoms with van der Waals surface area (Å²) in [7, 11) is -3.63. The largest absolute Gasteiger partial charge is 0.444 e. The van der Waals surface area contributed by atoms with Crippen LogP contribution in [-0.4, -0.2) is 43.5 Å². The number of carbonyl (C=O) groups is 1. The maximum atomic E-state index is 12.8. The zero-order chi connectivity index (χ0) is 18.1. The predicted molar refractivity (Wildman–Crippen MR) is 92.1 cm³/mol. The van der Waals surface area contributed by atoms with E-state index in [0.717, 1.165) is 0 Å². The van der Waals surface area contributed by atoms with E-state index in [2.05, 4.69) is 5.32 Å². The molecule has 24 heavy (non-hydrogen) atoms. The van der Waals surface area contributed by atoms with Crippen molar-refractivity contribution >= 4 is 21.8 Å². The van der Waals surface area contributed by atoms with Gasteiger partial charge in [0.05, 0.1) is 4.90 Å². The lowest BCUT2D eigenvalue weighted by atomic mass is 10.2. The van der Waals surface area contributed by atoms with Crippen LogP contribution in [0, 0.1) is 6.92 Å². The summed E-state index contributed by atoms with van der Waals surface area (Å²) in [6.45, 7) is 7.63. The number of anilines is 1. The van der Waals surface area contributed by atoms with Gasteiger partial charge >= 0.3 is 6.09 Å². The number of amides is 1. The maximum absolute atomic E-state index is 12.8. The Kier molecular flexibility index (Phi) is 5.10. The zero-order valence-electron chi connectivity index (χ0n) is 14.5. The van der Waals surface area contributed by atoms with Crippen molar-refractivity contribution < 1.29 is 17.9 Å². The molecule has 1 aliphatic rings. The summed E-state index contributed by atoms with van der Waals surface area (Å²) in [4.78, 5) is 12.0. The SMILES string of the molecule is Cc1ccc(N)cc1S(=O)(=O)N1CCC(NC(=O)OC(C)(C)C)C1. The van der Waals surface area contributed by atoms with Gasteiger partial charge in [-0.25, -0.2) is 13.2 Å². The molecule has 1 saturated heterocycles. The third-order valence-corrected chi connectivity index (χ3v) is 5.71. The molecule has 7 nitrogen and oxygen atoms in total. The monoisotopic (exact) mass is 355 g/mol. The first-order valence-electron chi connectivity index (χ1n) is 7.85. The van der Waals surface area contributed by atoms with E-state index in [1.165, 1.54) is 10.4 Å². The summed E-state index contributed by atoms with van der Waals surface area (Å²) in [6, 6.07) is 4.56. The number of alkyl carbamates (subject to hydrolysis) is 1. The molecule has 0 aromatic heterocycles. The number of benzene rings is 1. The van der Waals surface area contributed by atoms with Gasteiger partial charge in [0.25, 0.3) is 0 Å². The number of sulfonamides is 1. The van der Waals surface area contributed by atoms with Gasteiger partial charge in [-0.05, 0) is 51.8 Å². The Hall–Kier alpha value is -1.80. The first-order chi connectivity index (χ1) is 11.0. The van der Waals surface area contributed by atoms with Crippen LogP contribution in [0.1, 0.15) is 32.8 Å². The highest BCUT2D eigenvalue weighted by atomic mass is 32.2. The standard InChI is InChI=1S/C16H25N3O4S/c1-11-5-6-12(17)9-14(11)24(21,22)19-8-7-13(10-19)18-15(20)23-16(2,3)4/h5-6,9,13H,7-8,10,17H2,1-4H3,(H,18,20). The Morgan fingerprint density at radius 1 is 1.38 bits per heavy atom.